The van der Waals surface area contributed by atoms with Crippen molar-refractivity contribution in [3.8, 4) is 0 Å². The Kier molecular flexibility index (Phi) is 2.98. The zero-order valence-corrected chi connectivity index (χ0v) is 9.19. The van der Waals surface area contributed by atoms with Crippen LogP contribution in [0.25, 0.3) is 0 Å². The highest BCUT2D eigenvalue weighted by Crippen LogP contribution is 2.67. The molecule has 0 N–H and O–H groups in total. The molecule has 0 spiro atoms. The Morgan fingerprint density at radius 1 is 0.737 bits per heavy atom. The Balaban J connectivity index is 3.69. The van der Waals surface area contributed by atoms with Crippen LogP contribution in [-0.2, 0) is 4.74 Å². The monoisotopic (exact) mass is 308 g/mol. The summed E-state index contributed by atoms with van der Waals surface area (Å²) in [6.45, 7) is -1.36. The van der Waals surface area contributed by atoms with E-state index in [1.165, 1.54) is 0 Å². The average Bonchev–Trinajstić information content (AvgIpc) is 2.20. The molecule has 1 aliphatic rings. The molecule has 2 atom stereocenters. The van der Waals surface area contributed by atoms with Gasteiger partial charge in [0.05, 0.1) is 0 Å². The third-order valence-corrected chi connectivity index (χ3v) is 2.68. The highest BCUT2D eigenvalue weighted by Gasteiger charge is 2.97. The fraction of sp³-hybridized carbons (Fsp3) is 1.00. The lowest BCUT2D eigenvalue weighted by atomic mass is 9.83. The van der Waals surface area contributed by atoms with Crippen LogP contribution in [0.15, 0.2) is 0 Å². The first kappa shape index (κ1) is 16.3. The van der Waals surface area contributed by atoms with E-state index in [1.54, 1.807) is 0 Å². The predicted octanol–water partition coefficient (Wildman–Crippen LogP) is 3.93. The quantitative estimate of drug-likeness (QED) is 0.702. The normalized spacial score (nSPS) is 38.5. The molecule has 19 heavy (non-hydrogen) atoms. The predicted molar refractivity (Wildman–Crippen MR) is 39.9 cm³/mol. The lowest BCUT2D eigenvalue weighted by molar-refractivity contribution is -0.373. The minimum atomic E-state index is -6.51. The van der Waals surface area contributed by atoms with Crippen molar-refractivity contribution in [2.75, 3.05) is 0 Å². The Morgan fingerprint density at radius 2 is 1.11 bits per heavy atom. The summed E-state index contributed by atoms with van der Waals surface area (Å²) in [4.78, 5) is 0. The topological polar surface area (TPSA) is 9.23 Å². The van der Waals surface area contributed by atoms with Gasteiger partial charge in [-0.15, -0.1) is 0 Å². The largest absolute Gasteiger partial charge is 0.426 e. The summed E-state index contributed by atoms with van der Waals surface area (Å²) in [5.41, 5.74) is -6.26. The van der Waals surface area contributed by atoms with Gasteiger partial charge in [-0.05, 0) is 0 Å². The van der Waals surface area contributed by atoms with Gasteiger partial charge in [0, 0.05) is 13.8 Å². The Morgan fingerprint density at radius 3 is 1.32 bits per heavy atom. The Labute approximate surface area is 99.1 Å². The summed E-state index contributed by atoms with van der Waals surface area (Å²) >= 11 is 0. The molecule has 0 aromatic carbocycles. The maximum atomic E-state index is 13.7. The summed E-state index contributed by atoms with van der Waals surface area (Å²) in [5, 5.41) is 0. The highest BCUT2D eigenvalue weighted by atomic mass is 19.3. The molecule has 0 radical (unpaired) electrons. The zero-order chi connectivity index (χ0) is 15.7. The van der Waals surface area contributed by atoms with Crippen LogP contribution in [0.2, 0.25) is 0 Å². The second kappa shape index (κ2) is 3.47. The van der Waals surface area contributed by atoms with E-state index in [0.717, 1.165) is 0 Å². The second-order valence-electron chi connectivity index (χ2n) is 4.22. The van der Waals surface area contributed by atoms with Crippen molar-refractivity contribution >= 4 is 0 Å². The van der Waals surface area contributed by atoms with E-state index in [4.69, 9.17) is 0 Å². The molecule has 1 saturated heterocycles. The first-order valence-electron chi connectivity index (χ1n) is 4.55. The molecule has 11 heteroatoms. The molecular weight excluding hydrogens is 302 g/mol. The number of rotatable bonds is 2. The van der Waals surface area contributed by atoms with Crippen molar-refractivity contribution in [3.63, 3.8) is 0 Å². The first-order chi connectivity index (χ1) is 7.96. The van der Waals surface area contributed by atoms with Crippen molar-refractivity contribution in [2.24, 2.45) is 0 Å². The molecule has 0 bridgehead atoms. The molecule has 1 fully saturated rings. The Bertz CT molecular complexity index is 382. The minimum Gasteiger partial charge on any atom is -0.269 e. The van der Waals surface area contributed by atoms with Crippen molar-refractivity contribution < 1.29 is 48.6 Å². The van der Waals surface area contributed by atoms with Gasteiger partial charge in [0.15, 0.2) is 0 Å². The second-order valence-corrected chi connectivity index (χ2v) is 4.22. The van der Waals surface area contributed by atoms with Gasteiger partial charge in [0.2, 0.25) is 0 Å². The van der Waals surface area contributed by atoms with Gasteiger partial charge < -0.3 is 0 Å². The summed E-state index contributed by atoms with van der Waals surface area (Å²) in [5.74, 6) is -23.4. The minimum absolute atomic E-state index is 0.634. The van der Waals surface area contributed by atoms with Gasteiger partial charge in [-0.1, -0.05) is 0 Å². The Hall–Kier alpha value is -0.740. The molecule has 2 unspecified atom stereocenters. The third-order valence-electron chi connectivity index (χ3n) is 2.68. The van der Waals surface area contributed by atoms with Crippen molar-refractivity contribution in [3.05, 3.63) is 0 Å². The molecule has 1 aliphatic heterocycles. The van der Waals surface area contributed by atoms with E-state index in [-0.39, 0.29) is 0 Å². The number of alkyl halides is 10. The van der Waals surface area contributed by atoms with Gasteiger partial charge in [0.25, 0.3) is 5.92 Å². The zero-order valence-electron chi connectivity index (χ0n) is 9.19. The van der Waals surface area contributed by atoms with E-state index in [0.29, 0.717) is 0 Å². The lowest BCUT2D eigenvalue weighted by Gasteiger charge is -2.39. The molecule has 114 valence electrons. The van der Waals surface area contributed by atoms with Crippen LogP contribution in [0.3, 0.4) is 0 Å². The van der Waals surface area contributed by atoms with Crippen molar-refractivity contribution in [1.82, 2.24) is 0 Å². The molecule has 0 saturated carbocycles. The molecule has 1 nitrogen and oxygen atoms in total. The van der Waals surface area contributed by atoms with Gasteiger partial charge in [0.1, 0.15) is 0 Å². The highest BCUT2D eigenvalue weighted by molar-refractivity contribution is 5.22. The van der Waals surface area contributed by atoms with E-state index in [9.17, 15) is 43.9 Å². The summed E-state index contributed by atoms with van der Waals surface area (Å²) in [6.07, 6.45) is -6.17. The molecule has 0 amide bonds. The van der Waals surface area contributed by atoms with Crippen LogP contribution in [0.5, 0.6) is 0 Å². The fourth-order valence-corrected chi connectivity index (χ4v) is 1.66. The van der Waals surface area contributed by atoms with E-state index in [1.807, 2.05) is 0 Å². The van der Waals surface area contributed by atoms with E-state index >= 15 is 0 Å². The standard InChI is InChI=1S/C8H6F10O/c1-3(9,10)5(13)6(14,15)8(17,18)19-7(5,16)4(2,11)12/h1-2H3. The van der Waals surface area contributed by atoms with Gasteiger partial charge in [-0.3, -0.25) is 4.74 Å². The van der Waals surface area contributed by atoms with E-state index in [2.05, 4.69) is 4.74 Å². The first-order valence-corrected chi connectivity index (χ1v) is 4.55. The van der Waals surface area contributed by atoms with Crippen LogP contribution in [0, 0.1) is 0 Å². The summed E-state index contributed by atoms with van der Waals surface area (Å²) in [6, 6.07) is 0. The number of ether oxygens (including phenoxy) is 1. The molecule has 0 aromatic heterocycles. The average molecular weight is 308 g/mol. The molecule has 1 rings (SSSR count). The smallest absolute Gasteiger partial charge is 0.269 e. The van der Waals surface area contributed by atoms with Crippen LogP contribution in [-0.4, -0.2) is 35.4 Å². The SMILES string of the molecule is CC(F)(F)C1(F)OC(F)(F)C(F)(F)C1(F)C(C)(F)F. The maximum absolute atomic E-state index is 13.7. The number of halogens is 10. The third kappa shape index (κ3) is 1.59. The number of hydrogen-bond donors (Lipinski definition) is 0. The van der Waals surface area contributed by atoms with E-state index < -0.39 is 49.2 Å². The molecular formula is C8H6F10O. The maximum Gasteiger partial charge on any atom is 0.426 e. The van der Waals surface area contributed by atoms with Crippen LogP contribution in [0.1, 0.15) is 13.8 Å². The van der Waals surface area contributed by atoms with Crippen LogP contribution in [0.4, 0.5) is 43.9 Å². The van der Waals surface area contributed by atoms with Gasteiger partial charge in [-0.2, -0.15) is 17.6 Å². The number of hydrogen-bond acceptors (Lipinski definition) is 1. The van der Waals surface area contributed by atoms with Gasteiger partial charge >= 0.3 is 29.5 Å². The lowest BCUT2D eigenvalue weighted by Crippen LogP contribution is -2.69. The van der Waals surface area contributed by atoms with Crippen LogP contribution < -0.4 is 0 Å². The summed E-state index contributed by atoms with van der Waals surface area (Å²) in [7, 11) is 0. The van der Waals surface area contributed by atoms with Gasteiger partial charge in [-0.25, -0.2) is 26.3 Å². The molecule has 0 aliphatic carbocycles. The summed E-state index contributed by atoms with van der Waals surface area (Å²) < 4.78 is 132. The fourth-order valence-electron chi connectivity index (χ4n) is 1.66. The van der Waals surface area contributed by atoms with Crippen molar-refractivity contribution in [1.29, 1.82) is 0 Å². The van der Waals surface area contributed by atoms with Crippen LogP contribution >= 0.6 is 0 Å². The van der Waals surface area contributed by atoms with Crippen molar-refractivity contribution in [2.45, 2.75) is 49.2 Å². The molecule has 0 aromatic rings. The molecule has 1 heterocycles.